The van der Waals surface area contributed by atoms with Crippen molar-refractivity contribution in [2.24, 2.45) is 5.92 Å². The van der Waals surface area contributed by atoms with Gasteiger partial charge < -0.3 is 19.9 Å². The van der Waals surface area contributed by atoms with Crippen LogP contribution in [0.4, 0.5) is 0 Å². The molecule has 1 aliphatic heterocycles. The molecule has 1 atom stereocenters. The maximum Gasteiger partial charge on any atom is 0.0897 e. The van der Waals surface area contributed by atoms with Gasteiger partial charge in [-0.15, -0.1) is 0 Å². The maximum absolute atomic E-state index is 9.50. The van der Waals surface area contributed by atoms with Gasteiger partial charge in [0.2, 0.25) is 0 Å². The lowest BCUT2D eigenvalue weighted by Crippen LogP contribution is -2.49. The molecule has 1 rings (SSSR count). The fourth-order valence-corrected chi connectivity index (χ4v) is 1.15. The highest BCUT2D eigenvalue weighted by Gasteiger charge is 2.18. The molecule has 0 amide bonds. The molecule has 0 aliphatic carbocycles. The molecule has 4 heteroatoms. The minimum atomic E-state index is -0.408. The van der Waals surface area contributed by atoms with Gasteiger partial charge in [-0.1, -0.05) is 13.8 Å². The highest BCUT2D eigenvalue weighted by atomic mass is 16.5. The summed E-state index contributed by atoms with van der Waals surface area (Å²) in [7, 11) is 0. The Morgan fingerprint density at radius 1 is 1.43 bits per heavy atom. The van der Waals surface area contributed by atoms with E-state index in [4.69, 9.17) is 9.47 Å². The zero-order chi connectivity index (χ0) is 10.4. The second kappa shape index (κ2) is 6.35. The quantitative estimate of drug-likeness (QED) is 0.612. The molecule has 0 bridgehead atoms. The molecule has 2 N–H and O–H groups in total. The van der Waals surface area contributed by atoms with Crippen LogP contribution >= 0.6 is 0 Å². The van der Waals surface area contributed by atoms with E-state index in [1.165, 1.54) is 0 Å². The molecule has 1 saturated heterocycles. The lowest BCUT2D eigenvalue weighted by Gasteiger charge is -2.28. The van der Waals surface area contributed by atoms with Crippen molar-refractivity contribution in [1.82, 2.24) is 5.32 Å². The first kappa shape index (κ1) is 11.9. The summed E-state index contributed by atoms with van der Waals surface area (Å²) < 4.78 is 10.3. The lowest BCUT2D eigenvalue weighted by molar-refractivity contribution is -0.0185. The van der Waals surface area contributed by atoms with Crippen molar-refractivity contribution in [3.05, 3.63) is 0 Å². The molecule has 14 heavy (non-hydrogen) atoms. The maximum atomic E-state index is 9.50. The number of aliphatic hydroxyl groups excluding tert-OH is 1. The Hall–Kier alpha value is -0.160. The SMILES string of the molecule is CC(C)COCC(O)CNC1COC1. The highest BCUT2D eigenvalue weighted by molar-refractivity contribution is 4.74. The number of ether oxygens (including phenoxy) is 2. The van der Waals surface area contributed by atoms with Crippen LogP contribution < -0.4 is 5.32 Å². The molecule has 1 heterocycles. The van der Waals surface area contributed by atoms with E-state index in [0.717, 1.165) is 13.2 Å². The molecule has 1 unspecified atom stereocenters. The molecular formula is C10H21NO3. The molecule has 1 aliphatic rings. The summed E-state index contributed by atoms with van der Waals surface area (Å²) >= 11 is 0. The van der Waals surface area contributed by atoms with Crippen LogP contribution in [-0.2, 0) is 9.47 Å². The Morgan fingerprint density at radius 2 is 2.14 bits per heavy atom. The third-order valence-electron chi connectivity index (χ3n) is 2.04. The van der Waals surface area contributed by atoms with Crippen LogP contribution in [-0.4, -0.2) is 50.2 Å². The Balaban J connectivity index is 1.89. The van der Waals surface area contributed by atoms with Crippen molar-refractivity contribution in [3.8, 4) is 0 Å². The molecule has 0 aromatic heterocycles. The Morgan fingerprint density at radius 3 is 2.64 bits per heavy atom. The summed E-state index contributed by atoms with van der Waals surface area (Å²) in [5, 5.41) is 12.7. The minimum Gasteiger partial charge on any atom is -0.389 e. The van der Waals surface area contributed by atoms with Crippen LogP contribution in [0.2, 0.25) is 0 Å². The van der Waals surface area contributed by atoms with Crippen LogP contribution in [0.3, 0.4) is 0 Å². The largest absolute Gasteiger partial charge is 0.389 e. The first-order valence-electron chi connectivity index (χ1n) is 5.25. The van der Waals surface area contributed by atoms with Gasteiger partial charge >= 0.3 is 0 Å². The van der Waals surface area contributed by atoms with Crippen molar-refractivity contribution >= 4 is 0 Å². The number of aliphatic hydroxyl groups is 1. The van der Waals surface area contributed by atoms with Gasteiger partial charge in [0.05, 0.1) is 32.0 Å². The summed E-state index contributed by atoms with van der Waals surface area (Å²) in [5.41, 5.74) is 0. The Kier molecular flexibility index (Phi) is 5.40. The van der Waals surface area contributed by atoms with E-state index >= 15 is 0 Å². The normalized spacial score (nSPS) is 19.7. The van der Waals surface area contributed by atoms with Gasteiger partial charge in [0.15, 0.2) is 0 Å². The molecule has 0 aromatic carbocycles. The van der Waals surface area contributed by atoms with Crippen molar-refractivity contribution in [2.45, 2.75) is 26.0 Å². The molecule has 0 spiro atoms. The van der Waals surface area contributed by atoms with Crippen molar-refractivity contribution in [2.75, 3.05) is 33.0 Å². The Labute approximate surface area is 85.6 Å². The summed E-state index contributed by atoms with van der Waals surface area (Å²) in [4.78, 5) is 0. The summed E-state index contributed by atoms with van der Waals surface area (Å²) in [6.45, 7) is 7.43. The second-order valence-corrected chi connectivity index (χ2v) is 4.23. The van der Waals surface area contributed by atoms with Gasteiger partial charge in [0.25, 0.3) is 0 Å². The van der Waals surface area contributed by atoms with E-state index in [-0.39, 0.29) is 0 Å². The smallest absolute Gasteiger partial charge is 0.0897 e. The number of rotatable bonds is 7. The van der Waals surface area contributed by atoms with Crippen LogP contribution in [0.15, 0.2) is 0 Å². The van der Waals surface area contributed by atoms with Gasteiger partial charge in [-0.3, -0.25) is 0 Å². The topological polar surface area (TPSA) is 50.7 Å². The van der Waals surface area contributed by atoms with Crippen LogP contribution in [0.5, 0.6) is 0 Å². The van der Waals surface area contributed by atoms with Crippen molar-refractivity contribution in [3.63, 3.8) is 0 Å². The van der Waals surface area contributed by atoms with E-state index in [1.807, 2.05) is 0 Å². The molecule has 84 valence electrons. The van der Waals surface area contributed by atoms with Crippen LogP contribution in [0.1, 0.15) is 13.8 Å². The highest BCUT2D eigenvalue weighted by Crippen LogP contribution is 1.99. The predicted molar refractivity (Wildman–Crippen MR) is 54.3 cm³/mol. The first-order valence-corrected chi connectivity index (χ1v) is 5.25. The summed E-state index contributed by atoms with van der Waals surface area (Å²) in [6.07, 6.45) is -0.408. The fourth-order valence-electron chi connectivity index (χ4n) is 1.15. The van der Waals surface area contributed by atoms with Gasteiger partial charge in [0, 0.05) is 13.2 Å². The average molecular weight is 203 g/mol. The summed E-state index contributed by atoms with van der Waals surface area (Å²) in [5.74, 6) is 0.523. The average Bonchev–Trinajstić information content (AvgIpc) is 2.00. The van der Waals surface area contributed by atoms with E-state index in [9.17, 15) is 5.11 Å². The lowest BCUT2D eigenvalue weighted by atomic mass is 10.2. The monoisotopic (exact) mass is 203 g/mol. The molecular weight excluding hydrogens is 182 g/mol. The van der Waals surface area contributed by atoms with E-state index in [2.05, 4.69) is 19.2 Å². The third-order valence-corrected chi connectivity index (χ3v) is 2.04. The number of hydrogen-bond acceptors (Lipinski definition) is 4. The number of hydrogen-bond donors (Lipinski definition) is 2. The van der Waals surface area contributed by atoms with E-state index < -0.39 is 6.10 Å². The van der Waals surface area contributed by atoms with Gasteiger partial charge in [-0.25, -0.2) is 0 Å². The third kappa shape index (κ3) is 4.91. The van der Waals surface area contributed by atoms with Crippen LogP contribution in [0.25, 0.3) is 0 Å². The number of nitrogens with one attached hydrogen (secondary N) is 1. The molecule has 1 fully saturated rings. The van der Waals surface area contributed by atoms with E-state index in [0.29, 0.717) is 31.7 Å². The van der Waals surface area contributed by atoms with Crippen molar-refractivity contribution < 1.29 is 14.6 Å². The first-order chi connectivity index (χ1) is 6.68. The molecule has 0 radical (unpaired) electrons. The second-order valence-electron chi connectivity index (χ2n) is 4.23. The van der Waals surface area contributed by atoms with E-state index in [1.54, 1.807) is 0 Å². The zero-order valence-electron chi connectivity index (χ0n) is 9.03. The standard InChI is InChI=1S/C10H21NO3/c1-8(2)4-13-7-10(12)3-11-9-5-14-6-9/h8-12H,3-7H2,1-2H3. The Bertz CT molecular complexity index is 148. The summed E-state index contributed by atoms with van der Waals surface area (Å²) in [6, 6.07) is 0.426. The molecule has 4 nitrogen and oxygen atoms in total. The zero-order valence-corrected chi connectivity index (χ0v) is 9.03. The van der Waals surface area contributed by atoms with Gasteiger partial charge in [0.1, 0.15) is 0 Å². The minimum absolute atomic E-state index is 0.408. The van der Waals surface area contributed by atoms with Crippen molar-refractivity contribution in [1.29, 1.82) is 0 Å². The van der Waals surface area contributed by atoms with Gasteiger partial charge in [-0.2, -0.15) is 0 Å². The van der Waals surface area contributed by atoms with Crippen LogP contribution in [0, 0.1) is 5.92 Å². The molecule has 0 saturated carbocycles. The van der Waals surface area contributed by atoms with Gasteiger partial charge in [-0.05, 0) is 5.92 Å². The predicted octanol–water partition coefficient (Wildman–Crippen LogP) is 0.00830. The molecule has 0 aromatic rings. The fraction of sp³-hybridized carbons (Fsp3) is 1.00.